The molecule has 0 aromatic rings. The van der Waals surface area contributed by atoms with Crippen molar-refractivity contribution in [2.75, 3.05) is 26.3 Å². The molecular formula is C11H20N2O2. The highest BCUT2D eigenvalue weighted by Crippen LogP contribution is 2.35. The fourth-order valence-corrected chi connectivity index (χ4v) is 2.10. The lowest BCUT2D eigenvalue weighted by atomic mass is 10.1. The molecule has 1 aliphatic carbocycles. The topological polar surface area (TPSA) is 55.6 Å². The summed E-state index contributed by atoms with van der Waals surface area (Å²) in [7, 11) is 0. The van der Waals surface area contributed by atoms with Gasteiger partial charge in [-0.05, 0) is 26.2 Å². The fourth-order valence-electron chi connectivity index (χ4n) is 2.10. The molecule has 4 nitrogen and oxygen atoms in total. The van der Waals surface area contributed by atoms with Gasteiger partial charge < -0.3 is 15.4 Å². The third kappa shape index (κ3) is 2.32. The molecule has 0 bridgehead atoms. The summed E-state index contributed by atoms with van der Waals surface area (Å²) in [6.07, 6.45) is 2.78. The van der Waals surface area contributed by atoms with Gasteiger partial charge in [-0.2, -0.15) is 0 Å². The summed E-state index contributed by atoms with van der Waals surface area (Å²) < 4.78 is 5.38. The summed E-state index contributed by atoms with van der Waals surface area (Å²) in [5, 5.41) is 0. The second kappa shape index (κ2) is 4.10. The number of hydrogen-bond donors (Lipinski definition) is 1. The van der Waals surface area contributed by atoms with Crippen LogP contribution in [0.15, 0.2) is 0 Å². The Balaban J connectivity index is 1.79. The SMILES string of the molecule is CCOCC1CCN(C(=O)C2(N)CC2)C1. The highest BCUT2D eigenvalue weighted by molar-refractivity contribution is 5.89. The Hall–Kier alpha value is -0.610. The van der Waals surface area contributed by atoms with Gasteiger partial charge in [-0.3, -0.25) is 4.79 Å². The zero-order valence-corrected chi connectivity index (χ0v) is 9.37. The number of carbonyl (C=O) groups is 1. The minimum absolute atomic E-state index is 0.154. The van der Waals surface area contributed by atoms with Crippen LogP contribution >= 0.6 is 0 Å². The molecule has 4 heteroatoms. The standard InChI is InChI=1S/C11H20N2O2/c1-2-15-8-9-3-6-13(7-9)10(14)11(12)4-5-11/h9H,2-8,12H2,1H3. The largest absolute Gasteiger partial charge is 0.381 e. The minimum atomic E-state index is -0.500. The number of carbonyl (C=O) groups excluding carboxylic acids is 1. The lowest BCUT2D eigenvalue weighted by Crippen LogP contribution is -2.44. The maximum absolute atomic E-state index is 11.9. The van der Waals surface area contributed by atoms with Crippen molar-refractivity contribution in [2.45, 2.75) is 31.7 Å². The van der Waals surface area contributed by atoms with Crippen LogP contribution in [0, 0.1) is 5.92 Å². The van der Waals surface area contributed by atoms with Gasteiger partial charge in [0.25, 0.3) is 0 Å². The second-order valence-electron chi connectivity index (χ2n) is 4.72. The van der Waals surface area contributed by atoms with E-state index >= 15 is 0 Å². The predicted octanol–water partition coefficient (Wildman–Crippen LogP) is 0.363. The molecule has 1 atom stereocenters. The van der Waals surface area contributed by atoms with Crippen LogP contribution in [0.1, 0.15) is 26.2 Å². The first kappa shape index (κ1) is 10.9. The van der Waals surface area contributed by atoms with E-state index in [1.165, 1.54) is 0 Å². The van der Waals surface area contributed by atoms with Crippen LogP contribution in [-0.2, 0) is 9.53 Å². The van der Waals surface area contributed by atoms with Crippen LogP contribution in [0.4, 0.5) is 0 Å². The van der Waals surface area contributed by atoms with E-state index in [4.69, 9.17) is 10.5 Å². The number of ether oxygens (including phenoxy) is 1. The van der Waals surface area contributed by atoms with Crippen LogP contribution in [0.25, 0.3) is 0 Å². The molecule has 1 unspecified atom stereocenters. The van der Waals surface area contributed by atoms with Gasteiger partial charge in [-0.1, -0.05) is 0 Å². The molecule has 86 valence electrons. The highest BCUT2D eigenvalue weighted by atomic mass is 16.5. The lowest BCUT2D eigenvalue weighted by Gasteiger charge is -2.20. The van der Waals surface area contributed by atoms with E-state index in [9.17, 15) is 4.79 Å². The van der Waals surface area contributed by atoms with E-state index < -0.39 is 5.54 Å². The van der Waals surface area contributed by atoms with Crippen molar-refractivity contribution in [2.24, 2.45) is 11.7 Å². The lowest BCUT2D eigenvalue weighted by molar-refractivity contribution is -0.132. The van der Waals surface area contributed by atoms with Crippen molar-refractivity contribution in [3.63, 3.8) is 0 Å². The molecule has 0 aromatic carbocycles. The Morgan fingerprint density at radius 1 is 1.60 bits per heavy atom. The molecular weight excluding hydrogens is 192 g/mol. The number of nitrogens with two attached hydrogens (primary N) is 1. The van der Waals surface area contributed by atoms with Gasteiger partial charge in [-0.15, -0.1) is 0 Å². The van der Waals surface area contributed by atoms with Gasteiger partial charge in [-0.25, -0.2) is 0 Å². The van der Waals surface area contributed by atoms with Gasteiger partial charge in [0.15, 0.2) is 0 Å². The van der Waals surface area contributed by atoms with Crippen molar-refractivity contribution in [3.8, 4) is 0 Å². The number of amides is 1. The molecule has 15 heavy (non-hydrogen) atoms. The molecule has 2 fully saturated rings. The average molecular weight is 212 g/mol. The summed E-state index contributed by atoms with van der Waals surface area (Å²) in [6, 6.07) is 0. The maximum Gasteiger partial charge on any atom is 0.242 e. The molecule has 2 N–H and O–H groups in total. The first-order valence-corrected chi connectivity index (χ1v) is 5.82. The van der Waals surface area contributed by atoms with Gasteiger partial charge in [0, 0.05) is 25.6 Å². The van der Waals surface area contributed by atoms with E-state index in [-0.39, 0.29) is 5.91 Å². The second-order valence-corrected chi connectivity index (χ2v) is 4.72. The first-order chi connectivity index (χ1) is 7.15. The molecule has 1 saturated heterocycles. The molecule has 1 saturated carbocycles. The smallest absolute Gasteiger partial charge is 0.242 e. The zero-order chi connectivity index (χ0) is 10.9. The fraction of sp³-hybridized carbons (Fsp3) is 0.909. The maximum atomic E-state index is 11.9. The number of likely N-dealkylation sites (tertiary alicyclic amines) is 1. The minimum Gasteiger partial charge on any atom is -0.381 e. The van der Waals surface area contributed by atoms with Crippen LogP contribution in [0.3, 0.4) is 0 Å². The van der Waals surface area contributed by atoms with Crippen LogP contribution in [0.2, 0.25) is 0 Å². The van der Waals surface area contributed by atoms with Crippen molar-refractivity contribution in [1.29, 1.82) is 0 Å². The summed E-state index contributed by atoms with van der Waals surface area (Å²) in [5.41, 5.74) is 5.39. The molecule has 2 aliphatic rings. The van der Waals surface area contributed by atoms with E-state index in [1.807, 2.05) is 11.8 Å². The molecule has 1 aliphatic heterocycles. The van der Waals surface area contributed by atoms with Gasteiger partial charge >= 0.3 is 0 Å². The van der Waals surface area contributed by atoms with Gasteiger partial charge in [0.1, 0.15) is 0 Å². The first-order valence-electron chi connectivity index (χ1n) is 5.82. The quantitative estimate of drug-likeness (QED) is 0.732. The van der Waals surface area contributed by atoms with Crippen molar-refractivity contribution < 1.29 is 9.53 Å². The number of nitrogens with zero attached hydrogens (tertiary/aromatic N) is 1. The molecule has 2 rings (SSSR count). The molecule has 0 radical (unpaired) electrons. The van der Waals surface area contributed by atoms with E-state index in [2.05, 4.69) is 0 Å². The number of rotatable bonds is 4. The Kier molecular flexibility index (Phi) is 2.98. The Bertz CT molecular complexity index is 251. The van der Waals surface area contributed by atoms with Crippen molar-refractivity contribution in [1.82, 2.24) is 4.90 Å². The van der Waals surface area contributed by atoms with Crippen LogP contribution < -0.4 is 5.73 Å². The molecule has 0 spiro atoms. The monoisotopic (exact) mass is 212 g/mol. The van der Waals surface area contributed by atoms with Gasteiger partial charge in [0.05, 0.1) is 12.1 Å². The van der Waals surface area contributed by atoms with Crippen molar-refractivity contribution >= 4 is 5.91 Å². The Morgan fingerprint density at radius 2 is 2.33 bits per heavy atom. The Morgan fingerprint density at radius 3 is 2.93 bits per heavy atom. The third-order valence-corrected chi connectivity index (χ3v) is 3.35. The summed E-state index contributed by atoms with van der Waals surface area (Å²) in [5.74, 6) is 0.665. The highest BCUT2D eigenvalue weighted by Gasteiger charge is 2.49. The number of hydrogen-bond acceptors (Lipinski definition) is 3. The van der Waals surface area contributed by atoms with E-state index in [1.54, 1.807) is 0 Å². The average Bonchev–Trinajstić information content (AvgIpc) is 2.82. The molecule has 1 amide bonds. The third-order valence-electron chi connectivity index (χ3n) is 3.35. The van der Waals surface area contributed by atoms with Gasteiger partial charge in [0.2, 0.25) is 5.91 Å². The predicted molar refractivity (Wildman–Crippen MR) is 57.3 cm³/mol. The van der Waals surface area contributed by atoms with E-state index in [0.29, 0.717) is 5.92 Å². The van der Waals surface area contributed by atoms with Crippen LogP contribution in [-0.4, -0.2) is 42.6 Å². The Labute approximate surface area is 90.8 Å². The van der Waals surface area contributed by atoms with E-state index in [0.717, 1.165) is 45.6 Å². The summed E-state index contributed by atoms with van der Waals surface area (Å²) in [4.78, 5) is 13.8. The summed E-state index contributed by atoms with van der Waals surface area (Å²) in [6.45, 7) is 5.22. The zero-order valence-electron chi connectivity index (χ0n) is 9.37. The van der Waals surface area contributed by atoms with Crippen molar-refractivity contribution in [3.05, 3.63) is 0 Å². The summed E-state index contributed by atoms with van der Waals surface area (Å²) >= 11 is 0. The van der Waals surface area contributed by atoms with Crippen LogP contribution in [0.5, 0.6) is 0 Å². The normalized spacial score (nSPS) is 28.1. The molecule has 1 heterocycles. The molecule has 0 aromatic heterocycles.